The third-order valence-electron chi connectivity index (χ3n) is 4.75. The Hall–Kier alpha value is -3.53. The van der Waals surface area contributed by atoms with Crippen LogP contribution < -0.4 is 14.8 Å². The molecule has 0 aliphatic carbocycles. The van der Waals surface area contributed by atoms with Gasteiger partial charge in [-0.05, 0) is 47.4 Å². The van der Waals surface area contributed by atoms with Crippen LogP contribution in [0.15, 0.2) is 78.9 Å². The van der Waals surface area contributed by atoms with Crippen molar-refractivity contribution in [2.75, 3.05) is 14.2 Å². The lowest BCUT2D eigenvalue weighted by Gasteiger charge is -2.21. The van der Waals surface area contributed by atoms with E-state index in [1.54, 1.807) is 20.3 Å². The van der Waals surface area contributed by atoms with Gasteiger partial charge in [-0.15, -0.1) is 0 Å². The number of carbonyl (C=O) groups is 1. The maximum Gasteiger partial charge on any atom is 0.244 e. The summed E-state index contributed by atoms with van der Waals surface area (Å²) in [6.07, 6.45) is 3.30. The van der Waals surface area contributed by atoms with Crippen LogP contribution in [0, 0.1) is 6.92 Å². The van der Waals surface area contributed by atoms with Crippen LogP contribution in [0.3, 0.4) is 0 Å². The van der Waals surface area contributed by atoms with E-state index < -0.39 is 0 Å². The Labute approximate surface area is 171 Å². The Morgan fingerprint density at radius 1 is 0.897 bits per heavy atom. The summed E-state index contributed by atoms with van der Waals surface area (Å²) in [5.74, 6) is 1.10. The summed E-state index contributed by atoms with van der Waals surface area (Å²) in [7, 11) is 3.18. The monoisotopic (exact) mass is 387 g/mol. The second kappa shape index (κ2) is 9.60. The van der Waals surface area contributed by atoms with E-state index in [-0.39, 0.29) is 11.9 Å². The lowest BCUT2D eigenvalue weighted by Crippen LogP contribution is -2.28. The molecule has 1 N–H and O–H groups in total. The number of aryl methyl sites for hydroxylation is 1. The molecule has 3 rings (SSSR count). The Bertz CT molecular complexity index is 996. The molecule has 1 unspecified atom stereocenters. The van der Waals surface area contributed by atoms with E-state index in [9.17, 15) is 4.79 Å². The van der Waals surface area contributed by atoms with Gasteiger partial charge < -0.3 is 14.8 Å². The highest BCUT2D eigenvalue weighted by Gasteiger charge is 2.17. The molecule has 4 heteroatoms. The van der Waals surface area contributed by atoms with Gasteiger partial charge in [0, 0.05) is 6.08 Å². The second-order valence-corrected chi connectivity index (χ2v) is 6.66. The SMILES string of the molecule is COc1ccc(/C=C/C(=O)NC(c2ccccc2)c2ccccc2C)cc1OC. The molecule has 0 spiro atoms. The first kappa shape index (κ1) is 20.2. The highest BCUT2D eigenvalue weighted by Crippen LogP contribution is 2.28. The van der Waals surface area contributed by atoms with E-state index in [0.717, 1.165) is 22.3 Å². The minimum atomic E-state index is -0.222. The van der Waals surface area contributed by atoms with Crippen molar-refractivity contribution in [2.24, 2.45) is 0 Å². The molecule has 0 radical (unpaired) electrons. The molecule has 1 atom stereocenters. The van der Waals surface area contributed by atoms with Gasteiger partial charge in [-0.1, -0.05) is 60.7 Å². The summed E-state index contributed by atoms with van der Waals surface area (Å²) < 4.78 is 10.6. The van der Waals surface area contributed by atoms with E-state index in [1.807, 2.05) is 66.7 Å². The van der Waals surface area contributed by atoms with Crippen LogP contribution in [0.25, 0.3) is 6.08 Å². The number of hydrogen-bond donors (Lipinski definition) is 1. The van der Waals surface area contributed by atoms with E-state index >= 15 is 0 Å². The minimum absolute atomic E-state index is 0.170. The number of carbonyl (C=O) groups excluding carboxylic acids is 1. The lowest BCUT2D eigenvalue weighted by molar-refractivity contribution is -0.116. The van der Waals surface area contributed by atoms with Crippen molar-refractivity contribution in [3.05, 3.63) is 101 Å². The van der Waals surface area contributed by atoms with Crippen molar-refractivity contribution in [3.8, 4) is 11.5 Å². The molecule has 148 valence electrons. The standard InChI is InChI=1S/C25H25NO3/c1-18-9-7-8-12-21(18)25(20-10-5-4-6-11-20)26-24(27)16-14-19-13-15-22(28-2)23(17-19)29-3/h4-17,25H,1-3H3,(H,26,27)/b16-14+. The first-order valence-corrected chi connectivity index (χ1v) is 9.43. The van der Waals surface area contributed by atoms with Crippen molar-refractivity contribution >= 4 is 12.0 Å². The van der Waals surface area contributed by atoms with Gasteiger partial charge in [-0.25, -0.2) is 0 Å². The van der Waals surface area contributed by atoms with Crippen LogP contribution in [0.2, 0.25) is 0 Å². The third kappa shape index (κ3) is 5.05. The molecule has 1 amide bonds. The molecule has 3 aromatic rings. The van der Waals surface area contributed by atoms with Crippen molar-refractivity contribution in [1.82, 2.24) is 5.32 Å². The predicted octanol–water partition coefficient (Wildman–Crippen LogP) is 4.93. The number of rotatable bonds is 7. The maximum atomic E-state index is 12.7. The van der Waals surface area contributed by atoms with Gasteiger partial charge in [0.15, 0.2) is 11.5 Å². The van der Waals surface area contributed by atoms with Crippen molar-refractivity contribution in [1.29, 1.82) is 0 Å². The summed E-state index contributed by atoms with van der Waals surface area (Å²) in [5.41, 5.74) is 4.09. The summed E-state index contributed by atoms with van der Waals surface area (Å²) >= 11 is 0. The largest absolute Gasteiger partial charge is 0.493 e. The number of ether oxygens (including phenoxy) is 2. The van der Waals surface area contributed by atoms with Gasteiger partial charge in [0.2, 0.25) is 5.91 Å². The first-order valence-electron chi connectivity index (χ1n) is 9.43. The molecule has 0 aliphatic rings. The summed E-state index contributed by atoms with van der Waals surface area (Å²) in [6, 6.07) is 23.4. The fourth-order valence-corrected chi connectivity index (χ4v) is 3.22. The smallest absolute Gasteiger partial charge is 0.244 e. The molecule has 0 fully saturated rings. The average molecular weight is 387 g/mol. The normalized spacial score (nSPS) is 11.8. The second-order valence-electron chi connectivity index (χ2n) is 6.66. The van der Waals surface area contributed by atoms with Gasteiger partial charge in [0.05, 0.1) is 20.3 Å². The Balaban J connectivity index is 1.82. The lowest BCUT2D eigenvalue weighted by atomic mass is 9.95. The van der Waals surface area contributed by atoms with E-state index in [1.165, 1.54) is 6.08 Å². The van der Waals surface area contributed by atoms with Crippen LogP contribution in [-0.2, 0) is 4.79 Å². The molecule has 4 nitrogen and oxygen atoms in total. The van der Waals surface area contributed by atoms with Crippen LogP contribution in [0.4, 0.5) is 0 Å². The molecule has 0 aliphatic heterocycles. The average Bonchev–Trinajstić information content (AvgIpc) is 2.77. The topological polar surface area (TPSA) is 47.6 Å². The van der Waals surface area contributed by atoms with Gasteiger partial charge >= 0.3 is 0 Å². The van der Waals surface area contributed by atoms with E-state index in [4.69, 9.17) is 9.47 Å². The Morgan fingerprint density at radius 3 is 2.28 bits per heavy atom. The van der Waals surface area contributed by atoms with Crippen LogP contribution in [0.5, 0.6) is 11.5 Å². The molecule has 3 aromatic carbocycles. The zero-order valence-corrected chi connectivity index (χ0v) is 16.9. The van der Waals surface area contributed by atoms with Crippen molar-refractivity contribution in [3.63, 3.8) is 0 Å². The number of nitrogens with one attached hydrogen (secondary N) is 1. The van der Waals surface area contributed by atoms with E-state index in [0.29, 0.717) is 11.5 Å². The predicted molar refractivity (Wildman–Crippen MR) is 116 cm³/mol. The summed E-state index contributed by atoms with van der Waals surface area (Å²) in [4.78, 5) is 12.7. The van der Waals surface area contributed by atoms with Crippen molar-refractivity contribution < 1.29 is 14.3 Å². The van der Waals surface area contributed by atoms with Gasteiger partial charge in [0.25, 0.3) is 0 Å². The molecular formula is C25H25NO3. The quantitative estimate of drug-likeness (QED) is 0.585. The zero-order valence-electron chi connectivity index (χ0n) is 16.9. The third-order valence-corrected chi connectivity index (χ3v) is 4.75. The minimum Gasteiger partial charge on any atom is -0.493 e. The molecular weight excluding hydrogens is 362 g/mol. The number of hydrogen-bond acceptors (Lipinski definition) is 3. The molecule has 0 saturated heterocycles. The Morgan fingerprint density at radius 2 is 1.59 bits per heavy atom. The van der Waals surface area contributed by atoms with Crippen molar-refractivity contribution in [2.45, 2.75) is 13.0 Å². The fraction of sp³-hybridized carbons (Fsp3) is 0.160. The molecule has 0 bridgehead atoms. The van der Waals surface area contributed by atoms with E-state index in [2.05, 4.69) is 18.3 Å². The Kier molecular flexibility index (Phi) is 6.69. The first-order chi connectivity index (χ1) is 14.1. The van der Waals surface area contributed by atoms with Crippen LogP contribution >= 0.6 is 0 Å². The summed E-state index contributed by atoms with van der Waals surface area (Å²) in [5, 5.41) is 3.13. The number of benzene rings is 3. The molecule has 29 heavy (non-hydrogen) atoms. The van der Waals surface area contributed by atoms with Gasteiger partial charge in [-0.3, -0.25) is 4.79 Å². The molecule has 0 saturated carbocycles. The zero-order chi connectivity index (χ0) is 20.6. The summed E-state index contributed by atoms with van der Waals surface area (Å²) in [6.45, 7) is 2.05. The van der Waals surface area contributed by atoms with Gasteiger partial charge in [-0.2, -0.15) is 0 Å². The molecule has 0 heterocycles. The van der Waals surface area contributed by atoms with Gasteiger partial charge in [0.1, 0.15) is 0 Å². The highest BCUT2D eigenvalue weighted by atomic mass is 16.5. The number of methoxy groups -OCH3 is 2. The molecule has 0 aromatic heterocycles. The van der Waals surface area contributed by atoms with Crippen LogP contribution in [0.1, 0.15) is 28.3 Å². The highest BCUT2D eigenvalue weighted by molar-refractivity contribution is 5.92. The van der Waals surface area contributed by atoms with Crippen LogP contribution in [-0.4, -0.2) is 20.1 Å². The fourth-order valence-electron chi connectivity index (χ4n) is 3.22. The number of amides is 1. The maximum absolute atomic E-state index is 12.7.